The van der Waals surface area contributed by atoms with Crippen LogP contribution < -0.4 is 0 Å². The molecule has 0 aromatic heterocycles. The zero-order valence-electron chi connectivity index (χ0n) is 7.04. The van der Waals surface area contributed by atoms with Gasteiger partial charge in [0.05, 0.1) is 13.2 Å². The van der Waals surface area contributed by atoms with Crippen molar-refractivity contribution >= 4 is 22.6 Å². The van der Waals surface area contributed by atoms with E-state index in [0.29, 0.717) is 10.2 Å². The summed E-state index contributed by atoms with van der Waals surface area (Å²) in [5, 5.41) is 0. The Morgan fingerprint density at radius 3 is 2.92 bits per heavy atom. The summed E-state index contributed by atoms with van der Waals surface area (Å²) < 4.78 is 11.2. The van der Waals surface area contributed by atoms with Crippen LogP contribution in [0, 0.1) is 0 Å². The number of nitrogens with zero attached hydrogens (tertiary/aromatic N) is 1. The van der Waals surface area contributed by atoms with Crippen LogP contribution in [0.3, 0.4) is 0 Å². The Morgan fingerprint density at radius 1 is 1.33 bits per heavy atom. The molecule has 2 atom stereocenters. The maximum atomic E-state index is 5.47. The molecule has 2 heterocycles. The van der Waals surface area contributed by atoms with Crippen LogP contribution in [-0.2, 0) is 9.47 Å². The first-order valence-corrected chi connectivity index (χ1v) is 5.68. The second-order valence-corrected chi connectivity index (χ2v) is 4.68. The molecule has 2 rings (SSSR count). The Morgan fingerprint density at radius 2 is 2.25 bits per heavy atom. The summed E-state index contributed by atoms with van der Waals surface area (Å²) in [4.78, 5) is 2.49. The van der Waals surface area contributed by atoms with E-state index in [0.717, 1.165) is 32.9 Å². The third-order valence-corrected chi connectivity index (χ3v) is 3.23. The summed E-state index contributed by atoms with van der Waals surface area (Å²) in [6.07, 6.45) is 1.20. The maximum absolute atomic E-state index is 5.47. The van der Waals surface area contributed by atoms with Crippen LogP contribution in [0.5, 0.6) is 0 Å². The first kappa shape index (κ1) is 9.18. The second kappa shape index (κ2) is 4.21. The van der Waals surface area contributed by atoms with E-state index >= 15 is 0 Å². The number of alkyl halides is 1. The second-order valence-electron chi connectivity index (χ2n) is 3.29. The average molecular weight is 283 g/mol. The summed E-state index contributed by atoms with van der Waals surface area (Å²) in [5.41, 5.74) is 0. The number of halogens is 1. The molecule has 2 aliphatic rings. The molecule has 0 aromatic rings. The summed E-state index contributed by atoms with van der Waals surface area (Å²) in [5.74, 6) is 0. The molecule has 0 bridgehead atoms. The third kappa shape index (κ3) is 2.10. The number of morpholine rings is 1. The highest BCUT2D eigenvalue weighted by Gasteiger charge is 2.27. The Labute approximate surface area is 86.5 Å². The molecule has 2 fully saturated rings. The van der Waals surface area contributed by atoms with Crippen LogP contribution in [0.25, 0.3) is 0 Å². The van der Waals surface area contributed by atoms with Gasteiger partial charge >= 0.3 is 0 Å². The SMILES string of the molecule is IC1CN(C2CCOC2)CCO1. The standard InChI is InChI=1S/C8H14INO2/c9-8-5-10(2-4-12-8)7-1-3-11-6-7/h7-8H,1-6H2. The predicted molar refractivity (Wildman–Crippen MR) is 54.6 cm³/mol. The molecule has 0 aromatic carbocycles. The van der Waals surface area contributed by atoms with Gasteiger partial charge in [-0.3, -0.25) is 4.90 Å². The van der Waals surface area contributed by atoms with Crippen LogP contribution in [-0.4, -0.2) is 48.0 Å². The molecule has 0 N–H and O–H groups in total. The molecule has 2 aliphatic heterocycles. The molecule has 70 valence electrons. The van der Waals surface area contributed by atoms with Crippen molar-refractivity contribution < 1.29 is 9.47 Å². The molecule has 0 saturated carbocycles. The first-order chi connectivity index (χ1) is 5.86. The van der Waals surface area contributed by atoms with Crippen molar-refractivity contribution in [2.75, 3.05) is 32.9 Å². The van der Waals surface area contributed by atoms with Gasteiger partial charge in [-0.2, -0.15) is 0 Å². The van der Waals surface area contributed by atoms with Crippen molar-refractivity contribution in [2.24, 2.45) is 0 Å². The van der Waals surface area contributed by atoms with Gasteiger partial charge in [-0.25, -0.2) is 0 Å². The van der Waals surface area contributed by atoms with Gasteiger partial charge in [0, 0.05) is 25.7 Å². The Kier molecular flexibility index (Phi) is 3.22. The van der Waals surface area contributed by atoms with Gasteiger partial charge in [-0.1, -0.05) is 0 Å². The molecular formula is C8H14INO2. The number of hydrogen-bond donors (Lipinski definition) is 0. The molecule has 0 aliphatic carbocycles. The molecule has 3 nitrogen and oxygen atoms in total. The predicted octanol–water partition coefficient (Wildman–Crippen LogP) is 0.869. The van der Waals surface area contributed by atoms with E-state index in [1.165, 1.54) is 6.42 Å². The van der Waals surface area contributed by atoms with Gasteiger partial charge in [0.1, 0.15) is 4.11 Å². The Balaban J connectivity index is 1.85. The summed E-state index contributed by atoms with van der Waals surface area (Å²) in [7, 11) is 0. The van der Waals surface area contributed by atoms with E-state index in [1.807, 2.05) is 0 Å². The van der Waals surface area contributed by atoms with E-state index in [2.05, 4.69) is 27.5 Å². The largest absolute Gasteiger partial charge is 0.380 e. The molecule has 2 saturated heterocycles. The lowest BCUT2D eigenvalue weighted by Gasteiger charge is -2.33. The van der Waals surface area contributed by atoms with Gasteiger partial charge < -0.3 is 9.47 Å². The van der Waals surface area contributed by atoms with Crippen molar-refractivity contribution in [3.63, 3.8) is 0 Å². The zero-order chi connectivity index (χ0) is 8.39. The minimum Gasteiger partial charge on any atom is -0.380 e. The summed E-state index contributed by atoms with van der Waals surface area (Å²) >= 11 is 2.35. The monoisotopic (exact) mass is 283 g/mol. The van der Waals surface area contributed by atoms with Crippen LogP contribution >= 0.6 is 22.6 Å². The average Bonchev–Trinajstić information content (AvgIpc) is 2.56. The minimum absolute atomic E-state index is 0.372. The number of hydrogen-bond acceptors (Lipinski definition) is 3. The molecule has 0 radical (unpaired) electrons. The molecule has 12 heavy (non-hydrogen) atoms. The van der Waals surface area contributed by atoms with Crippen LogP contribution in [0.1, 0.15) is 6.42 Å². The number of ether oxygens (including phenoxy) is 2. The highest BCUT2D eigenvalue weighted by molar-refractivity contribution is 14.1. The molecule has 2 unspecified atom stereocenters. The van der Waals surface area contributed by atoms with Crippen LogP contribution in [0.4, 0.5) is 0 Å². The fraction of sp³-hybridized carbons (Fsp3) is 1.00. The lowest BCUT2D eigenvalue weighted by molar-refractivity contribution is 0.00474. The van der Waals surface area contributed by atoms with Crippen LogP contribution in [0.15, 0.2) is 0 Å². The summed E-state index contributed by atoms with van der Waals surface area (Å²) in [6, 6.07) is 0.658. The molecule has 0 spiro atoms. The van der Waals surface area contributed by atoms with Crippen LogP contribution in [0.2, 0.25) is 0 Å². The summed E-state index contributed by atoms with van der Waals surface area (Å²) in [6.45, 7) is 4.88. The van der Waals surface area contributed by atoms with Gasteiger partial charge in [-0.05, 0) is 29.0 Å². The quantitative estimate of drug-likeness (QED) is 0.526. The Bertz CT molecular complexity index is 150. The van der Waals surface area contributed by atoms with Gasteiger partial charge in [-0.15, -0.1) is 0 Å². The zero-order valence-corrected chi connectivity index (χ0v) is 9.20. The van der Waals surface area contributed by atoms with Crippen molar-refractivity contribution in [3.05, 3.63) is 0 Å². The van der Waals surface area contributed by atoms with Gasteiger partial charge in [0.15, 0.2) is 0 Å². The fourth-order valence-electron chi connectivity index (χ4n) is 1.77. The third-order valence-electron chi connectivity index (χ3n) is 2.48. The highest BCUT2D eigenvalue weighted by Crippen LogP contribution is 2.18. The van der Waals surface area contributed by atoms with Crippen molar-refractivity contribution in [3.8, 4) is 0 Å². The lowest BCUT2D eigenvalue weighted by atomic mass is 10.2. The highest BCUT2D eigenvalue weighted by atomic mass is 127. The van der Waals surface area contributed by atoms with Gasteiger partial charge in [0.25, 0.3) is 0 Å². The molecule has 4 heteroatoms. The molecule has 0 amide bonds. The lowest BCUT2D eigenvalue weighted by Crippen LogP contribution is -2.46. The van der Waals surface area contributed by atoms with Crippen molar-refractivity contribution in [1.29, 1.82) is 0 Å². The van der Waals surface area contributed by atoms with E-state index in [4.69, 9.17) is 9.47 Å². The Hall–Kier alpha value is 0.610. The smallest absolute Gasteiger partial charge is 0.121 e. The number of rotatable bonds is 1. The first-order valence-electron chi connectivity index (χ1n) is 4.44. The van der Waals surface area contributed by atoms with E-state index in [-0.39, 0.29) is 0 Å². The maximum Gasteiger partial charge on any atom is 0.121 e. The van der Waals surface area contributed by atoms with Gasteiger partial charge in [0.2, 0.25) is 0 Å². The molecular weight excluding hydrogens is 269 g/mol. The fourth-order valence-corrected chi connectivity index (χ4v) is 2.53. The van der Waals surface area contributed by atoms with E-state index in [1.54, 1.807) is 0 Å². The van der Waals surface area contributed by atoms with Crippen molar-refractivity contribution in [2.45, 2.75) is 16.6 Å². The topological polar surface area (TPSA) is 21.7 Å². The normalized spacial score (nSPS) is 38.8. The van der Waals surface area contributed by atoms with Crippen molar-refractivity contribution in [1.82, 2.24) is 4.90 Å². The van der Waals surface area contributed by atoms with E-state index < -0.39 is 0 Å². The minimum atomic E-state index is 0.372. The van der Waals surface area contributed by atoms with E-state index in [9.17, 15) is 0 Å².